The molecule has 2 aliphatic rings. The van der Waals surface area contributed by atoms with Crippen molar-refractivity contribution >= 4 is 34.9 Å². The van der Waals surface area contributed by atoms with Gasteiger partial charge in [-0.15, -0.1) is 0 Å². The zero-order valence-corrected chi connectivity index (χ0v) is 16.9. The van der Waals surface area contributed by atoms with Crippen molar-refractivity contribution in [3.05, 3.63) is 52.7 Å². The number of carbonyl (C=O) groups excluding carboxylic acids is 2. The van der Waals surface area contributed by atoms with E-state index in [4.69, 9.17) is 17.3 Å². The summed E-state index contributed by atoms with van der Waals surface area (Å²) in [5.74, 6) is 0.335. The fourth-order valence-electron chi connectivity index (χ4n) is 3.90. The Bertz CT molecular complexity index is 904. The molecular weight excluding hydrogens is 390 g/mol. The highest BCUT2D eigenvalue weighted by Crippen LogP contribution is 2.24. The summed E-state index contributed by atoms with van der Waals surface area (Å²) >= 11 is 6.20. The predicted molar refractivity (Wildman–Crippen MR) is 114 cm³/mol. The van der Waals surface area contributed by atoms with Gasteiger partial charge < -0.3 is 20.4 Å². The summed E-state index contributed by atoms with van der Waals surface area (Å²) in [5.41, 5.74) is 7.40. The third kappa shape index (κ3) is 4.29. The van der Waals surface area contributed by atoms with Gasteiger partial charge in [0.15, 0.2) is 0 Å². The van der Waals surface area contributed by atoms with Crippen molar-refractivity contribution in [3.8, 4) is 0 Å². The van der Waals surface area contributed by atoms with Crippen molar-refractivity contribution in [2.75, 3.05) is 49.1 Å². The number of halogens is 1. The molecule has 2 fully saturated rings. The number of carbonyl (C=O) groups is 2. The van der Waals surface area contributed by atoms with Gasteiger partial charge >= 0.3 is 0 Å². The quantitative estimate of drug-likeness (QED) is 0.778. The average molecular weight is 414 g/mol. The number of hydrogen-bond donors (Lipinski definition) is 1. The smallest absolute Gasteiger partial charge is 0.254 e. The second-order valence-electron chi connectivity index (χ2n) is 7.42. The van der Waals surface area contributed by atoms with E-state index in [9.17, 15) is 9.59 Å². The molecular formula is C21H24ClN5O2. The lowest BCUT2D eigenvalue weighted by atomic mass is 10.1. The third-order valence-corrected chi connectivity index (χ3v) is 5.74. The van der Waals surface area contributed by atoms with Gasteiger partial charge in [0.05, 0.1) is 0 Å². The first kappa shape index (κ1) is 19.5. The summed E-state index contributed by atoms with van der Waals surface area (Å²) in [5, 5.41) is 0.353. The van der Waals surface area contributed by atoms with Crippen LogP contribution in [0.15, 0.2) is 36.4 Å². The zero-order valence-electron chi connectivity index (χ0n) is 16.2. The largest absolute Gasteiger partial charge is 0.368 e. The Morgan fingerprint density at radius 1 is 0.862 bits per heavy atom. The van der Waals surface area contributed by atoms with Crippen molar-refractivity contribution in [2.24, 2.45) is 5.73 Å². The van der Waals surface area contributed by atoms with Gasteiger partial charge in [0, 0.05) is 56.1 Å². The maximum absolute atomic E-state index is 13.0. The van der Waals surface area contributed by atoms with Crippen LogP contribution in [0, 0.1) is 0 Å². The predicted octanol–water partition coefficient (Wildman–Crippen LogP) is 2.40. The summed E-state index contributed by atoms with van der Waals surface area (Å²) in [7, 11) is 0. The molecule has 0 aliphatic carbocycles. The number of primary amides is 1. The highest BCUT2D eigenvalue weighted by Gasteiger charge is 2.24. The van der Waals surface area contributed by atoms with Crippen LogP contribution < -0.4 is 15.5 Å². The Kier molecular flexibility index (Phi) is 5.58. The number of aromatic nitrogens is 1. The van der Waals surface area contributed by atoms with Crippen molar-refractivity contribution in [2.45, 2.75) is 12.8 Å². The van der Waals surface area contributed by atoms with E-state index in [1.807, 2.05) is 23.1 Å². The van der Waals surface area contributed by atoms with Crippen LogP contribution in [0.25, 0.3) is 0 Å². The molecule has 1 aromatic heterocycles. The normalized spacial score (nSPS) is 16.9. The van der Waals surface area contributed by atoms with Gasteiger partial charge in [-0.05, 0) is 49.2 Å². The lowest BCUT2D eigenvalue weighted by molar-refractivity contribution is 0.0746. The number of amides is 2. The van der Waals surface area contributed by atoms with E-state index in [1.165, 1.54) is 0 Å². The van der Waals surface area contributed by atoms with E-state index in [-0.39, 0.29) is 5.91 Å². The molecule has 2 saturated heterocycles. The lowest BCUT2D eigenvalue weighted by Gasteiger charge is -2.36. The molecule has 0 radical (unpaired) electrons. The molecule has 4 rings (SSSR count). The third-order valence-electron chi connectivity index (χ3n) is 5.54. The fraction of sp³-hybridized carbons (Fsp3) is 0.381. The van der Waals surface area contributed by atoms with Gasteiger partial charge in [-0.1, -0.05) is 11.6 Å². The Hall–Kier alpha value is -2.80. The first-order chi connectivity index (χ1) is 14.0. The molecule has 0 atom stereocenters. The van der Waals surface area contributed by atoms with E-state index in [0.29, 0.717) is 29.4 Å². The molecule has 2 aliphatic heterocycles. The van der Waals surface area contributed by atoms with Crippen molar-refractivity contribution in [3.63, 3.8) is 0 Å². The molecule has 0 saturated carbocycles. The molecule has 1 aromatic carbocycles. The highest BCUT2D eigenvalue weighted by molar-refractivity contribution is 6.29. The van der Waals surface area contributed by atoms with Crippen LogP contribution in [0.5, 0.6) is 0 Å². The Labute approximate surface area is 175 Å². The number of piperazine rings is 1. The van der Waals surface area contributed by atoms with E-state index in [1.54, 1.807) is 18.2 Å². The van der Waals surface area contributed by atoms with Crippen molar-refractivity contribution in [1.82, 2.24) is 9.88 Å². The molecule has 29 heavy (non-hydrogen) atoms. The summed E-state index contributed by atoms with van der Waals surface area (Å²) in [6.45, 7) is 4.59. The number of nitrogens with zero attached hydrogens (tertiary/aromatic N) is 4. The first-order valence-corrected chi connectivity index (χ1v) is 10.3. The minimum Gasteiger partial charge on any atom is -0.368 e. The zero-order chi connectivity index (χ0) is 20.4. The van der Waals surface area contributed by atoms with Crippen LogP contribution >= 0.6 is 11.6 Å². The first-order valence-electron chi connectivity index (χ1n) is 9.88. The number of nitrogens with two attached hydrogens (primary N) is 1. The highest BCUT2D eigenvalue weighted by atomic mass is 35.5. The molecule has 7 nitrogen and oxygen atoms in total. The summed E-state index contributed by atoms with van der Waals surface area (Å²) in [4.78, 5) is 34.9. The summed E-state index contributed by atoms with van der Waals surface area (Å²) in [6, 6.07) is 10.8. The van der Waals surface area contributed by atoms with Gasteiger partial charge in [0.2, 0.25) is 5.91 Å². The number of pyridine rings is 1. The molecule has 152 valence electrons. The van der Waals surface area contributed by atoms with Gasteiger partial charge in [-0.2, -0.15) is 0 Å². The van der Waals surface area contributed by atoms with E-state index >= 15 is 0 Å². The molecule has 0 unspecified atom stereocenters. The van der Waals surface area contributed by atoms with Gasteiger partial charge in [-0.3, -0.25) is 9.59 Å². The number of rotatable bonds is 4. The second-order valence-corrected chi connectivity index (χ2v) is 7.81. The van der Waals surface area contributed by atoms with E-state index in [0.717, 1.165) is 50.5 Å². The molecule has 8 heteroatoms. The van der Waals surface area contributed by atoms with Crippen LogP contribution in [-0.2, 0) is 0 Å². The molecule has 0 bridgehead atoms. The Morgan fingerprint density at radius 2 is 1.52 bits per heavy atom. The van der Waals surface area contributed by atoms with Gasteiger partial charge in [0.1, 0.15) is 11.0 Å². The van der Waals surface area contributed by atoms with Gasteiger partial charge in [0.25, 0.3) is 5.91 Å². The van der Waals surface area contributed by atoms with Crippen LogP contribution in [0.1, 0.15) is 33.6 Å². The Morgan fingerprint density at radius 3 is 2.14 bits per heavy atom. The van der Waals surface area contributed by atoms with Crippen LogP contribution in [0.3, 0.4) is 0 Å². The molecule has 3 heterocycles. The van der Waals surface area contributed by atoms with E-state index in [2.05, 4.69) is 14.8 Å². The molecule has 2 N–H and O–H groups in total. The monoisotopic (exact) mass is 413 g/mol. The second kappa shape index (κ2) is 8.29. The number of anilines is 2. The minimum absolute atomic E-state index is 0.0153. The minimum atomic E-state index is -0.434. The van der Waals surface area contributed by atoms with Crippen LogP contribution in [-0.4, -0.2) is 61.0 Å². The molecule has 2 amide bonds. The van der Waals surface area contributed by atoms with E-state index < -0.39 is 5.91 Å². The molecule has 0 spiro atoms. The fourth-order valence-corrected chi connectivity index (χ4v) is 4.11. The number of benzene rings is 1. The maximum atomic E-state index is 13.0. The SMILES string of the molecule is NC(=O)c1ccc(N2CCN(C(=O)c3cc(Cl)nc(N4CCCC4)c3)CC2)cc1. The van der Waals surface area contributed by atoms with Gasteiger partial charge in [-0.25, -0.2) is 4.98 Å². The Balaban J connectivity index is 1.42. The standard InChI is InChI=1S/C21H24ClN5O2/c22-18-13-16(14-19(24-18)26-7-1-2-8-26)21(29)27-11-9-25(10-12-27)17-5-3-15(4-6-17)20(23)28/h3-6,13-14H,1-2,7-12H2,(H2,23,28). The lowest BCUT2D eigenvalue weighted by Crippen LogP contribution is -2.48. The topological polar surface area (TPSA) is 82.8 Å². The van der Waals surface area contributed by atoms with Crippen LogP contribution in [0.4, 0.5) is 11.5 Å². The summed E-state index contributed by atoms with van der Waals surface area (Å²) < 4.78 is 0. The van der Waals surface area contributed by atoms with Crippen molar-refractivity contribution in [1.29, 1.82) is 0 Å². The molecule has 2 aromatic rings. The maximum Gasteiger partial charge on any atom is 0.254 e. The van der Waals surface area contributed by atoms with Crippen LogP contribution in [0.2, 0.25) is 5.15 Å². The van der Waals surface area contributed by atoms with Crippen molar-refractivity contribution < 1.29 is 9.59 Å². The number of hydrogen-bond acceptors (Lipinski definition) is 5. The average Bonchev–Trinajstić information content (AvgIpc) is 3.28. The summed E-state index contributed by atoms with van der Waals surface area (Å²) in [6.07, 6.45) is 2.28.